The van der Waals surface area contributed by atoms with Gasteiger partial charge in [-0.1, -0.05) is 97.6 Å². The van der Waals surface area contributed by atoms with Crippen LogP contribution in [0.25, 0.3) is 0 Å². The fourth-order valence-electron chi connectivity index (χ4n) is 8.23. The van der Waals surface area contributed by atoms with Crippen molar-refractivity contribution in [3.05, 3.63) is 35.9 Å². The third-order valence-electron chi connectivity index (χ3n) is 11.5. The number of likely N-dealkylation sites (tertiary alicyclic amines) is 1. The van der Waals surface area contributed by atoms with Gasteiger partial charge in [0.2, 0.25) is 17.6 Å². The lowest BCUT2D eigenvalue weighted by molar-refractivity contribution is -0.145. The van der Waals surface area contributed by atoms with Gasteiger partial charge in [-0.05, 0) is 65.7 Å². The van der Waals surface area contributed by atoms with E-state index < -0.39 is 46.7 Å². The van der Waals surface area contributed by atoms with E-state index in [1.807, 2.05) is 39.0 Å². The number of carbonyl (C=O) groups is 5. The number of fused-ring (bicyclic) bond motifs is 1. The van der Waals surface area contributed by atoms with Crippen LogP contribution in [0, 0.1) is 34.5 Å². The Hall–Kier alpha value is -3.43. The maximum atomic E-state index is 14.4. The van der Waals surface area contributed by atoms with Gasteiger partial charge in [0.15, 0.2) is 0 Å². The van der Waals surface area contributed by atoms with Crippen molar-refractivity contribution in [2.75, 3.05) is 6.54 Å². The molecule has 4 aliphatic rings. The maximum absolute atomic E-state index is 14.4. The molecule has 7 atom stereocenters. The lowest BCUT2D eigenvalue weighted by Crippen LogP contribution is -2.64. The molecule has 1 heterocycles. The Labute approximate surface area is 273 Å². The molecule has 1 aliphatic heterocycles. The van der Waals surface area contributed by atoms with Gasteiger partial charge < -0.3 is 26.6 Å². The topological polar surface area (TPSA) is 151 Å². The molecule has 5 N–H and O–H groups in total. The van der Waals surface area contributed by atoms with Crippen LogP contribution >= 0.6 is 0 Å². The summed E-state index contributed by atoms with van der Waals surface area (Å²) in [5.74, 6) is -2.10. The Morgan fingerprint density at radius 2 is 1.67 bits per heavy atom. The molecule has 5 rings (SSSR count). The molecule has 4 fully saturated rings. The van der Waals surface area contributed by atoms with Crippen LogP contribution in [-0.4, -0.2) is 64.6 Å². The molecule has 252 valence electrons. The largest absolute Gasteiger partial charge is 0.363 e. The second kappa shape index (κ2) is 12.6. The Bertz CT molecular complexity index is 1350. The van der Waals surface area contributed by atoms with Gasteiger partial charge in [0.25, 0.3) is 5.91 Å². The molecule has 10 heteroatoms. The number of amides is 5. The predicted octanol–water partition coefficient (Wildman–Crippen LogP) is 3.71. The van der Waals surface area contributed by atoms with E-state index in [-0.39, 0.29) is 41.0 Å². The van der Waals surface area contributed by atoms with Crippen molar-refractivity contribution >= 4 is 29.5 Å². The zero-order chi connectivity index (χ0) is 33.6. The van der Waals surface area contributed by atoms with E-state index in [1.165, 1.54) is 0 Å². The lowest BCUT2D eigenvalue weighted by atomic mass is 9.70. The first kappa shape index (κ1) is 33.9. The number of nitrogens with zero attached hydrogens (tertiary/aromatic N) is 1. The number of hydrogen-bond donors (Lipinski definition) is 4. The van der Waals surface area contributed by atoms with Crippen LogP contribution in [0.2, 0.25) is 0 Å². The maximum Gasteiger partial charge on any atom is 0.315 e. The first-order chi connectivity index (χ1) is 21.5. The number of hydrogen-bond acceptors (Lipinski definition) is 5. The summed E-state index contributed by atoms with van der Waals surface area (Å²) >= 11 is 0. The highest BCUT2D eigenvalue weighted by molar-refractivity contribution is 6.37. The van der Waals surface area contributed by atoms with E-state index in [4.69, 9.17) is 5.73 Å². The van der Waals surface area contributed by atoms with E-state index in [9.17, 15) is 24.0 Å². The van der Waals surface area contributed by atoms with Crippen molar-refractivity contribution in [2.45, 2.75) is 117 Å². The first-order valence-corrected chi connectivity index (χ1v) is 17.1. The molecule has 5 amide bonds. The van der Waals surface area contributed by atoms with Crippen molar-refractivity contribution in [3.8, 4) is 0 Å². The second-order valence-corrected chi connectivity index (χ2v) is 16.2. The van der Waals surface area contributed by atoms with Crippen molar-refractivity contribution < 1.29 is 24.0 Å². The SMILES string of the molecule is CC1CCCCC1(Cc1ccccc1)NC(=O)N[C@H](C(=O)N1C[C@H]2[C@@H]([C@H]1C(=O)NC(CC1CC1)C(=O)C(N)=O)C2(C)C)C(C)(C)C. The molecule has 0 aromatic heterocycles. The first-order valence-electron chi connectivity index (χ1n) is 17.1. The summed E-state index contributed by atoms with van der Waals surface area (Å²) in [5, 5.41) is 9.19. The molecule has 1 aromatic rings. The number of benzene rings is 1. The van der Waals surface area contributed by atoms with E-state index in [0.717, 1.165) is 44.1 Å². The number of Topliss-reactive ketones (excluding diaryl/α,β-unsaturated/α-hetero) is 1. The quantitative estimate of drug-likeness (QED) is 0.274. The van der Waals surface area contributed by atoms with Gasteiger partial charge in [0.05, 0.1) is 6.04 Å². The summed E-state index contributed by atoms with van der Waals surface area (Å²) in [6.07, 6.45) is 6.95. The molecule has 0 spiro atoms. The average molecular weight is 636 g/mol. The summed E-state index contributed by atoms with van der Waals surface area (Å²) in [7, 11) is 0. The molecule has 1 aromatic carbocycles. The standard InChI is InChI=1S/C36H53N5O5/c1-21-12-10-11-17-36(21,19-23-13-8-7-9-14-23)40-33(46)39-29(34(2,3)4)32(45)41-20-24-26(35(24,5)6)27(41)31(44)38-25(18-22-15-16-22)28(42)30(37)43/h7-9,13-14,21-22,24-27,29H,10-12,15-20H2,1-6H3,(H2,37,43)(H,38,44)(H2,39,40,46)/t21?,24-,25?,26-,27-,29+,36?/m0/s1. The number of ketones is 1. The van der Waals surface area contributed by atoms with Crippen LogP contribution in [0.1, 0.15) is 92.1 Å². The predicted molar refractivity (Wildman–Crippen MR) is 175 cm³/mol. The van der Waals surface area contributed by atoms with Crippen LogP contribution in [0.4, 0.5) is 4.79 Å². The van der Waals surface area contributed by atoms with Gasteiger partial charge >= 0.3 is 6.03 Å². The van der Waals surface area contributed by atoms with E-state index in [1.54, 1.807) is 4.90 Å². The molecular formula is C36H53N5O5. The van der Waals surface area contributed by atoms with Gasteiger partial charge in [-0.3, -0.25) is 19.2 Å². The minimum Gasteiger partial charge on any atom is -0.363 e. The molecule has 3 saturated carbocycles. The van der Waals surface area contributed by atoms with Crippen LogP contribution in [0.15, 0.2) is 30.3 Å². The summed E-state index contributed by atoms with van der Waals surface area (Å²) < 4.78 is 0. The van der Waals surface area contributed by atoms with Crippen molar-refractivity contribution in [1.82, 2.24) is 20.9 Å². The number of piperidine rings is 1. The van der Waals surface area contributed by atoms with Crippen LogP contribution in [-0.2, 0) is 25.6 Å². The average Bonchev–Trinajstić information content (AvgIpc) is 3.83. The Morgan fingerprint density at radius 3 is 2.26 bits per heavy atom. The van der Waals surface area contributed by atoms with Gasteiger partial charge in [-0.2, -0.15) is 0 Å². The highest BCUT2D eigenvalue weighted by atomic mass is 16.2. The van der Waals surface area contributed by atoms with Crippen LogP contribution < -0.4 is 21.7 Å². The summed E-state index contributed by atoms with van der Waals surface area (Å²) in [6.45, 7) is 12.5. The fourth-order valence-corrected chi connectivity index (χ4v) is 8.23. The summed E-state index contributed by atoms with van der Waals surface area (Å²) in [5.41, 5.74) is 5.23. The normalized spacial score (nSPS) is 29.6. The monoisotopic (exact) mass is 635 g/mol. The van der Waals surface area contributed by atoms with E-state index in [2.05, 4.69) is 48.9 Å². The minimum atomic E-state index is -1.07. The van der Waals surface area contributed by atoms with Crippen molar-refractivity contribution in [2.24, 2.45) is 40.2 Å². The van der Waals surface area contributed by atoms with Gasteiger partial charge in [0.1, 0.15) is 12.1 Å². The van der Waals surface area contributed by atoms with Crippen LogP contribution in [0.3, 0.4) is 0 Å². The van der Waals surface area contributed by atoms with Gasteiger partial charge in [-0.15, -0.1) is 0 Å². The fraction of sp³-hybridized carbons (Fsp3) is 0.694. The minimum absolute atomic E-state index is 0.0895. The molecule has 0 bridgehead atoms. The van der Waals surface area contributed by atoms with E-state index in [0.29, 0.717) is 19.4 Å². The number of carbonyl (C=O) groups excluding carboxylic acids is 5. The number of nitrogens with two attached hydrogens (primary N) is 1. The van der Waals surface area contributed by atoms with E-state index >= 15 is 0 Å². The molecular weight excluding hydrogens is 582 g/mol. The smallest absolute Gasteiger partial charge is 0.315 e. The number of rotatable bonds is 11. The van der Waals surface area contributed by atoms with Gasteiger partial charge in [-0.25, -0.2) is 4.79 Å². The van der Waals surface area contributed by atoms with Gasteiger partial charge in [0, 0.05) is 12.1 Å². The highest BCUT2D eigenvalue weighted by Gasteiger charge is 2.70. The second-order valence-electron chi connectivity index (χ2n) is 16.2. The lowest BCUT2D eigenvalue weighted by Gasteiger charge is -2.44. The molecule has 1 saturated heterocycles. The summed E-state index contributed by atoms with van der Waals surface area (Å²) in [6, 6.07) is 7.08. The molecule has 46 heavy (non-hydrogen) atoms. The zero-order valence-electron chi connectivity index (χ0n) is 28.4. The number of urea groups is 1. The Morgan fingerprint density at radius 1 is 1.00 bits per heavy atom. The third kappa shape index (κ3) is 6.95. The Kier molecular flexibility index (Phi) is 9.32. The molecule has 0 radical (unpaired) electrons. The van der Waals surface area contributed by atoms with Crippen molar-refractivity contribution in [3.63, 3.8) is 0 Å². The Balaban J connectivity index is 1.35. The summed E-state index contributed by atoms with van der Waals surface area (Å²) in [4.78, 5) is 68.3. The molecule has 3 aliphatic carbocycles. The molecule has 3 unspecified atom stereocenters. The number of primary amides is 1. The zero-order valence-corrected chi connectivity index (χ0v) is 28.4. The number of nitrogens with one attached hydrogen (secondary N) is 3. The van der Waals surface area contributed by atoms with Crippen molar-refractivity contribution in [1.29, 1.82) is 0 Å². The molecule has 10 nitrogen and oxygen atoms in total. The highest BCUT2D eigenvalue weighted by Crippen LogP contribution is 2.65. The third-order valence-corrected chi connectivity index (χ3v) is 11.5. The van der Waals surface area contributed by atoms with Crippen LogP contribution in [0.5, 0.6) is 0 Å².